The van der Waals surface area contributed by atoms with Gasteiger partial charge in [0.25, 0.3) is 0 Å². The lowest BCUT2D eigenvalue weighted by Gasteiger charge is -2.26. The van der Waals surface area contributed by atoms with Crippen LogP contribution in [0.4, 0.5) is 0 Å². The molecule has 11 nitrogen and oxygen atoms in total. The topological polar surface area (TPSA) is 133 Å². The first-order chi connectivity index (χ1) is 24.3. The minimum atomic E-state index is -0.555. The first-order valence-corrected chi connectivity index (χ1v) is 16.8. The number of aryl methyl sites for hydroxylation is 1. The predicted molar refractivity (Wildman–Crippen MR) is 184 cm³/mol. The summed E-state index contributed by atoms with van der Waals surface area (Å²) in [5.74, 6) is 0.668. The Labute approximate surface area is 292 Å². The number of rotatable bonds is 19. The molecule has 1 saturated carbocycles. The monoisotopic (exact) mass is 688 g/mol. The molecule has 1 aliphatic rings. The molecule has 0 aromatic heterocycles. The van der Waals surface area contributed by atoms with Crippen molar-refractivity contribution in [2.45, 2.75) is 58.3 Å². The maximum atomic E-state index is 12.8. The Bertz CT molecular complexity index is 1590. The molecule has 50 heavy (non-hydrogen) atoms. The molecule has 3 aromatic carbocycles. The number of methoxy groups -OCH3 is 1. The van der Waals surface area contributed by atoms with Gasteiger partial charge in [-0.15, -0.1) is 0 Å². The van der Waals surface area contributed by atoms with E-state index in [0.717, 1.165) is 56.5 Å². The van der Waals surface area contributed by atoms with Gasteiger partial charge in [-0.1, -0.05) is 12.6 Å². The highest BCUT2D eigenvalue weighted by molar-refractivity contribution is 5.91. The highest BCUT2D eigenvalue weighted by Gasteiger charge is 2.28. The molecule has 0 N–H and O–H groups in total. The van der Waals surface area contributed by atoms with Crippen LogP contribution >= 0.6 is 0 Å². The van der Waals surface area contributed by atoms with Crippen molar-refractivity contribution in [3.63, 3.8) is 0 Å². The SMILES string of the molecule is C=CC(=O)OCCCCCCOc1ccc(C(=O)Oc2ccc(OOCC3CCC(C(=O)Oc4ccc(C)c(C=O)c4)CC3)cc2OC)cc1. The van der Waals surface area contributed by atoms with E-state index in [9.17, 15) is 19.2 Å². The summed E-state index contributed by atoms with van der Waals surface area (Å²) in [6.45, 7) is 6.45. The van der Waals surface area contributed by atoms with E-state index in [4.69, 9.17) is 33.5 Å². The van der Waals surface area contributed by atoms with E-state index in [1.807, 2.05) is 6.92 Å². The van der Waals surface area contributed by atoms with Gasteiger partial charge < -0.3 is 28.6 Å². The van der Waals surface area contributed by atoms with Crippen molar-refractivity contribution in [2.75, 3.05) is 26.9 Å². The molecule has 4 rings (SSSR count). The van der Waals surface area contributed by atoms with Crippen molar-refractivity contribution in [1.29, 1.82) is 0 Å². The standard InChI is InChI=1S/C39H44O11/c1-4-37(41)46-22-8-6-5-7-21-45-32-17-14-30(15-18-32)39(43)49-35-20-19-34(24-36(35)44-3)50-47-26-28-10-12-29(13-11-28)38(42)48-33-16-9-27(2)31(23-33)25-40/h4,9,14-20,23-25,28-29H,1,5-8,10-13,21-22,26H2,2-3H3. The maximum Gasteiger partial charge on any atom is 0.343 e. The number of hydrogen-bond acceptors (Lipinski definition) is 11. The van der Waals surface area contributed by atoms with Crippen LogP contribution in [0.2, 0.25) is 0 Å². The number of aldehydes is 1. The van der Waals surface area contributed by atoms with E-state index in [1.54, 1.807) is 60.7 Å². The Kier molecular flexibility index (Phi) is 14.9. The van der Waals surface area contributed by atoms with Crippen LogP contribution in [0.15, 0.2) is 73.3 Å². The average Bonchev–Trinajstić information content (AvgIpc) is 3.14. The van der Waals surface area contributed by atoms with Gasteiger partial charge in [0.05, 0.1) is 38.4 Å². The molecule has 3 aromatic rings. The second-order valence-electron chi connectivity index (χ2n) is 12.0. The molecular weight excluding hydrogens is 644 g/mol. The summed E-state index contributed by atoms with van der Waals surface area (Å²) >= 11 is 0. The number of ether oxygens (including phenoxy) is 5. The number of carbonyl (C=O) groups is 4. The zero-order valence-corrected chi connectivity index (χ0v) is 28.6. The summed E-state index contributed by atoms with van der Waals surface area (Å²) in [5, 5.41) is 0. The number of benzene rings is 3. The summed E-state index contributed by atoms with van der Waals surface area (Å²) in [7, 11) is 1.46. The number of hydrogen-bond donors (Lipinski definition) is 0. The average molecular weight is 689 g/mol. The van der Waals surface area contributed by atoms with Crippen molar-refractivity contribution in [1.82, 2.24) is 0 Å². The zero-order valence-electron chi connectivity index (χ0n) is 28.6. The van der Waals surface area contributed by atoms with Crippen molar-refractivity contribution in [3.05, 3.63) is 90.0 Å². The molecule has 0 radical (unpaired) electrons. The molecule has 0 atom stereocenters. The number of carbonyl (C=O) groups excluding carboxylic acids is 4. The van der Waals surface area contributed by atoms with E-state index in [-0.39, 0.29) is 23.6 Å². The minimum absolute atomic E-state index is 0.214. The van der Waals surface area contributed by atoms with Gasteiger partial charge >= 0.3 is 17.9 Å². The lowest BCUT2D eigenvalue weighted by molar-refractivity contribution is -0.218. The predicted octanol–water partition coefficient (Wildman–Crippen LogP) is 7.43. The van der Waals surface area contributed by atoms with Gasteiger partial charge in [-0.3, -0.25) is 9.59 Å². The van der Waals surface area contributed by atoms with E-state index >= 15 is 0 Å². The summed E-state index contributed by atoms with van der Waals surface area (Å²) in [6, 6.07) is 16.5. The number of esters is 3. The quantitative estimate of drug-likeness (QED) is 0.0237. The molecule has 0 bridgehead atoms. The Hall–Kier alpha value is -5.16. The van der Waals surface area contributed by atoms with Crippen molar-refractivity contribution < 1.29 is 52.6 Å². The Balaban J connectivity index is 1.14. The molecule has 0 aliphatic heterocycles. The highest BCUT2D eigenvalue weighted by atomic mass is 17.2. The normalized spacial score (nSPS) is 15.3. The van der Waals surface area contributed by atoms with E-state index in [2.05, 4.69) is 6.58 Å². The molecule has 0 spiro atoms. The molecule has 0 amide bonds. The molecule has 11 heteroatoms. The first-order valence-electron chi connectivity index (χ1n) is 16.8. The zero-order chi connectivity index (χ0) is 35.7. The van der Waals surface area contributed by atoms with E-state index < -0.39 is 11.9 Å². The third-order valence-corrected chi connectivity index (χ3v) is 8.38. The van der Waals surface area contributed by atoms with Gasteiger partial charge in [0.1, 0.15) is 17.8 Å². The van der Waals surface area contributed by atoms with Crippen LogP contribution in [0, 0.1) is 18.8 Å². The molecular formula is C39H44O11. The van der Waals surface area contributed by atoms with Crippen molar-refractivity contribution in [2.24, 2.45) is 11.8 Å². The van der Waals surface area contributed by atoms with Gasteiger partial charge in [-0.05, 0) is 118 Å². The third-order valence-electron chi connectivity index (χ3n) is 8.38. The van der Waals surface area contributed by atoms with Gasteiger partial charge in [-0.2, -0.15) is 4.89 Å². The molecule has 0 heterocycles. The summed E-state index contributed by atoms with van der Waals surface area (Å²) in [5.41, 5.74) is 1.68. The molecule has 1 aliphatic carbocycles. The fourth-order valence-corrected chi connectivity index (χ4v) is 5.38. The van der Waals surface area contributed by atoms with Gasteiger partial charge in [0, 0.05) is 17.7 Å². The van der Waals surface area contributed by atoms with E-state index in [1.165, 1.54) is 7.11 Å². The summed E-state index contributed by atoms with van der Waals surface area (Å²) in [6.07, 6.45) is 8.30. The lowest BCUT2D eigenvalue weighted by Crippen LogP contribution is -2.27. The Morgan fingerprint density at radius 2 is 1.50 bits per heavy atom. The van der Waals surface area contributed by atoms with Gasteiger partial charge in [0.2, 0.25) is 0 Å². The fraction of sp³-hybridized carbons (Fsp3) is 0.385. The Morgan fingerprint density at radius 3 is 2.20 bits per heavy atom. The number of unbranched alkanes of at least 4 members (excludes halogenated alkanes) is 3. The summed E-state index contributed by atoms with van der Waals surface area (Å²) in [4.78, 5) is 58.7. The lowest BCUT2D eigenvalue weighted by atomic mass is 9.82. The fourth-order valence-electron chi connectivity index (χ4n) is 5.38. The van der Waals surface area contributed by atoms with E-state index in [0.29, 0.717) is 66.8 Å². The molecule has 0 unspecified atom stereocenters. The highest BCUT2D eigenvalue weighted by Crippen LogP contribution is 2.34. The van der Waals surface area contributed by atoms with Crippen LogP contribution in [0.5, 0.6) is 28.7 Å². The minimum Gasteiger partial charge on any atom is -0.494 e. The van der Waals surface area contributed by atoms with Crippen LogP contribution in [0.3, 0.4) is 0 Å². The van der Waals surface area contributed by atoms with Crippen molar-refractivity contribution in [3.8, 4) is 28.7 Å². The summed E-state index contributed by atoms with van der Waals surface area (Å²) < 4.78 is 27.2. The van der Waals surface area contributed by atoms with Crippen LogP contribution < -0.4 is 23.8 Å². The van der Waals surface area contributed by atoms with Crippen LogP contribution in [0.1, 0.15) is 77.6 Å². The third kappa shape index (κ3) is 11.8. The smallest absolute Gasteiger partial charge is 0.343 e. The Morgan fingerprint density at radius 1 is 0.800 bits per heavy atom. The van der Waals surface area contributed by atoms with Crippen molar-refractivity contribution >= 4 is 24.2 Å². The molecule has 0 saturated heterocycles. The largest absolute Gasteiger partial charge is 0.494 e. The van der Waals surface area contributed by atoms with Gasteiger partial charge in [0.15, 0.2) is 17.2 Å². The first kappa shape index (κ1) is 37.7. The van der Waals surface area contributed by atoms with Gasteiger partial charge in [-0.25, -0.2) is 9.59 Å². The maximum absolute atomic E-state index is 12.8. The van der Waals surface area contributed by atoms with Crippen LogP contribution in [-0.2, 0) is 19.2 Å². The molecule has 266 valence electrons. The molecule has 1 fully saturated rings. The second-order valence-corrected chi connectivity index (χ2v) is 12.0. The van der Waals surface area contributed by atoms with Crippen LogP contribution in [0.25, 0.3) is 0 Å². The van der Waals surface area contributed by atoms with Crippen LogP contribution in [-0.4, -0.2) is 51.1 Å². The second kappa shape index (κ2) is 19.7.